The number of carbonyl (C=O) groups is 3. The predicted octanol–water partition coefficient (Wildman–Crippen LogP) is -0.0581. The molecule has 0 spiro atoms. The number of nitrogens with two attached hydrogens (primary N) is 3. The Hall–Kier alpha value is -3.73. The third kappa shape index (κ3) is 4.89. The van der Waals surface area contributed by atoms with Gasteiger partial charge in [0, 0.05) is 23.6 Å². The molecule has 0 bridgehead atoms. The summed E-state index contributed by atoms with van der Waals surface area (Å²) in [5, 5.41) is 18.4. The molecule has 0 fully saturated rings. The molecule has 1 aromatic carbocycles. The number of hydrazine groups is 1. The van der Waals surface area contributed by atoms with E-state index in [4.69, 9.17) is 22.4 Å². The molecule has 0 aliphatic heterocycles. The fourth-order valence-electron chi connectivity index (χ4n) is 2.35. The van der Waals surface area contributed by atoms with Crippen LogP contribution in [-0.2, 0) is 9.59 Å². The molecule has 0 aliphatic rings. The Labute approximate surface area is 153 Å². The maximum Gasteiger partial charge on any atom is 0.328 e. The van der Waals surface area contributed by atoms with E-state index in [1.165, 1.54) is 18.2 Å². The maximum absolute atomic E-state index is 12.4. The van der Waals surface area contributed by atoms with Crippen LogP contribution in [0.25, 0.3) is 11.3 Å². The number of hydrogen-bond acceptors (Lipinski definition) is 8. The zero-order valence-electron chi connectivity index (χ0n) is 14.1. The number of carbonyl (C=O) groups excluding carboxylic acids is 1. The standard InChI is InChI=1S/C16H18N6O5/c17-12-7-10(20-16(18)21-12)8-1-3-9(4-2-8)14(25)22(19)11(15(26)27)5-6-13(23)24/h1-4,7,11H,5-6,19H2,(H,23,24)(H,26,27)(H4,17,18,20,21)/t11-/m0/s1. The van der Waals surface area contributed by atoms with E-state index in [0.717, 1.165) is 0 Å². The van der Waals surface area contributed by atoms with Gasteiger partial charge in [-0.1, -0.05) is 12.1 Å². The average Bonchev–Trinajstić information content (AvgIpc) is 2.59. The first-order valence-electron chi connectivity index (χ1n) is 7.72. The number of benzene rings is 1. The second-order valence-electron chi connectivity index (χ2n) is 5.61. The van der Waals surface area contributed by atoms with Crippen molar-refractivity contribution in [1.82, 2.24) is 15.0 Å². The van der Waals surface area contributed by atoms with Gasteiger partial charge in [-0.15, -0.1) is 0 Å². The Morgan fingerprint density at radius 3 is 2.22 bits per heavy atom. The molecule has 0 aliphatic carbocycles. The van der Waals surface area contributed by atoms with Crippen LogP contribution < -0.4 is 17.3 Å². The zero-order valence-corrected chi connectivity index (χ0v) is 14.1. The molecule has 11 heteroatoms. The number of carboxylic acids is 2. The van der Waals surface area contributed by atoms with Gasteiger partial charge in [-0.25, -0.2) is 15.6 Å². The van der Waals surface area contributed by atoms with Crippen LogP contribution >= 0.6 is 0 Å². The Morgan fingerprint density at radius 2 is 1.70 bits per heavy atom. The van der Waals surface area contributed by atoms with Gasteiger partial charge in [0.25, 0.3) is 5.91 Å². The van der Waals surface area contributed by atoms with Gasteiger partial charge < -0.3 is 21.7 Å². The monoisotopic (exact) mass is 374 g/mol. The van der Waals surface area contributed by atoms with Crippen molar-refractivity contribution in [1.29, 1.82) is 0 Å². The molecule has 1 heterocycles. The lowest BCUT2D eigenvalue weighted by Gasteiger charge is -2.23. The molecule has 2 aromatic rings. The maximum atomic E-state index is 12.4. The van der Waals surface area contributed by atoms with E-state index in [-0.39, 0.29) is 23.8 Å². The lowest BCUT2D eigenvalue weighted by Crippen LogP contribution is -2.49. The summed E-state index contributed by atoms with van der Waals surface area (Å²) in [6, 6.07) is 6.04. The molecule has 0 saturated heterocycles. The van der Waals surface area contributed by atoms with Crippen LogP contribution in [0.15, 0.2) is 30.3 Å². The van der Waals surface area contributed by atoms with Crippen molar-refractivity contribution in [2.45, 2.75) is 18.9 Å². The minimum absolute atomic E-state index is 0.000941. The number of aromatic nitrogens is 2. The molecular weight excluding hydrogens is 356 g/mol. The average molecular weight is 374 g/mol. The smallest absolute Gasteiger partial charge is 0.328 e. The Balaban J connectivity index is 2.20. The fourth-order valence-corrected chi connectivity index (χ4v) is 2.35. The highest BCUT2D eigenvalue weighted by Gasteiger charge is 2.28. The number of rotatable bonds is 7. The number of aliphatic carboxylic acids is 2. The van der Waals surface area contributed by atoms with Crippen LogP contribution in [-0.4, -0.2) is 49.1 Å². The quantitative estimate of drug-likeness (QED) is 0.248. The SMILES string of the molecule is Nc1cc(-c2ccc(C(=O)N(N)[C@@H](CCC(=O)O)C(=O)O)cc2)nc(N)n1. The van der Waals surface area contributed by atoms with Gasteiger partial charge in [0.1, 0.15) is 11.9 Å². The minimum atomic E-state index is -1.46. The number of nitrogens with zero attached hydrogens (tertiary/aromatic N) is 3. The number of hydrogen-bond donors (Lipinski definition) is 5. The summed E-state index contributed by atoms with van der Waals surface area (Å²) in [5.74, 6) is 2.47. The van der Waals surface area contributed by atoms with Crippen LogP contribution in [0.5, 0.6) is 0 Å². The Kier molecular flexibility index (Phi) is 5.88. The van der Waals surface area contributed by atoms with Crippen molar-refractivity contribution >= 4 is 29.6 Å². The summed E-state index contributed by atoms with van der Waals surface area (Å²) in [5.41, 5.74) is 12.4. The molecule has 27 heavy (non-hydrogen) atoms. The van der Waals surface area contributed by atoms with E-state index in [1.54, 1.807) is 12.1 Å². The van der Waals surface area contributed by atoms with E-state index >= 15 is 0 Å². The first-order valence-corrected chi connectivity index (χ1v) is 7.72. The highest BCUT2D eigenvalue weighted by molar-refractivity contribution is 5.96. The molecule has 1 atom stereocenters. The second kappa shape index (κ2) is 8.10. The summed E-state index contributed by atoms with van der Waals surface area (Å²) in [6.45, 7) is 0. The van der Waals surface area contributed by atoms with Gasteiger partial charge in [0.2, 0.25) is 5.95 Å². The van der Waals surface area contributed by atoms with Gasteiger partial charge in [0.05, 0.1) is 5.69 Å². The third-order valence-corrected chi connectivity index (χ3v) is 3.68. The van der Waals surface area contributed by atoms with E-state index in [0.29, 0.717) is 16.3 Å². The molecule has 8 N–H and O–H groups in total. The summed E-state index contributed by atoms with van der Waals surface area (Å²) in [7, 11) is 0. The lowest BCUT2D eigenvalue weighted by molar-refractivity contribution is -0.143. The highest BCUT2D eigenvalue weighted by atomic mass is 16.4. The van der Waals surface area contributed by atoms with Crippen molar-refractivity contribution in [3.63, 3.8) is 0 Å². The number of carboxylic acid groups (broad SMARTS) is 2. The molecule has 0 saturated carbocycles. The van der Waals surface area contributed by atoms with Gasteiger partial charge in [-0.2, -0.15) is 4.98 Å². The fraction of sp³-hybridized carbons (Fsp3) is 0.188. The van der Waals surface area contributed by atoms with Crippen molar-refractivity contribution in [3.8, 4) is 11.3 Å². The molecule has 2 rings (SSSR count). The van der Waals surface area contributed by atoms with Crippen molar-refractivity contribution in [3.05, 3.63) is 35.9 Å². The molecule has 1 aromatic heterocycles. The first kappa shape index (κ1) is 19.6. The third-order valence-electron chi connectivity index (χ3n) is 3.68. The molecule has 11 nitrogen and oxygen atoms in total. The first-order chi connectivity index (χ1) is 12.7. The van der Waals surface area contributed by atoms with Gasteiger partial charge in [0.15, 0.2) is 0 Å². The normalized spacial score (nSPS) is 11.6. The van der Waals surface area contributed by atoms with Gasteiger partial charge in [-0.3, -0.25) is 14.6 Å². The minimum Gasteiger partial charge on any atom is -0.481 e. The Morgan fingerprint density at radius 1 is 1.07 bits per heavy atom. The van der Waals surface area contributed by atoms with Crippen molar-refractivity contribution < 1.29 is 24.6 Å². The summed E-state index contributed by atoms with van der Waals surface area (Å²) >= 11 is 0. The van der Waals surface area contributed by atoms with Gasteiger partial charge in [-0.05, 0) is 18.6 Å². The van der Waals surface area contributed by atoms with Gasteiger partial charge >= 0.3 is 11.9 Å². The van der Waals surface area contributed by atoms with E-state index in [9.17, 15) is 19.5 Å². The predicted molar refractivity (Wildman–Crippen MR) is 94.9 cm³/mol. The number of anilines is 2. The summed E-state index contributed by atoms with van der Waals surface area (Å²) < 4.78 is 0. The van der Waals surface area contributed by atoms with Crippen LogP contribution in [0.2, 0.25) is 0 Å². The summed E-state index contributed by atoms with van der Waals surface area (Å²) in [6.07, 6.45) is -0.752. The lowest BCUT2D eigenvalue weighted by atomic mass is 10.1. The van der Waals surface area contributed by atoms with E-state index < -0.39 is 30.3 Å². The number of nitrogen functional groups attached to an aromatic ring is 2. The molecular formula is C16H18N6O5. The topological polar surface area (TPSA) is 199 Å². The van der Waals surface area contributed by atoms with E-state index in [2.05, 4.69) is 9.97 Å². The molecule has 0 unspecified atom stereocenters. The van der Waals surface area contributed by atoms with Crippen LogP contribution in [0.1, 0.15) is 23.2 Å². The van der Waals surface area contributed by atoms with Crippen LogP contribution in [0.3, 0.4) is 0 Å². The molecule has 0 radical (unpaired) electrons. The molecule has 1 amide bonds. The van der Waals surface area contributed by atoms with Crippen LogP contribution in [0.4, 0.5) is 11.8 Å². The molecule has 142 valence electrons. The summed E-state index contributed by atoms with van der Waals surface area (Å²) in [4.78, 5) is 42.2. The van der Waals surface area contributed by atoms with Crippen molar-refractivity contribution in [2.75, 3.05) is 11.5 Å². The Bertz CT molecular complexity index is 850. The zero-order chi connectivity index (χ0) is 20.1. The van der Waals surface area contributed by atoms with E-state index in [1.807, 2.05) is 0 Å². The number of amides is 1. The second-order valence-corrected chi connectivity index (χ2v) is 5.61. The largest absolute Gasteiger partial charge is 0.481 e. The van der Waals surface area contributed by atoms with Crippen LogP contribution in [0, 0.1) is 0 Å². The van der Waals surface area contributed by atoms with Crippen molar-refractivity contribution in [2.24, 2.45) is 5.84 Å². The highest BCUT2D eigenvalue weighted by Crippen LogP contribution is 2.21.